The highest BCUT2D eigenvalue weighted by Gasteiger charge is 2.29. The number of anilines is 1. The highest BCUT2D eigenvalue weighted by atomic mass is 35.5. The van der Waals surface area contributed by atoms with Gasteiger partial charge in [0.15, 0.2) is 0 Å². The van der Waals surface area contributed by atoms with Gasteiger partial charge in [-0.25, -0.2) is 4.79 Å². The third-order valence-electron chi connectivity index (χ3n) is 2.72. The van der Waals surface area contributed by atoms with Crippen molar-refractivity contribution in [2.24, 2.45) is 0 Å². The Bertz CT molecular complexity index is 599. The number of H-pyrrole nitrogens is 1. The van der Waals surface area contributed by atoms with E-state index in [0.717, 1.165) is 10.9 Å². The van der Waals surface area contributed by atoms with Crippen LogP contribution in [0.1, 0.15) is 20.8 Å². The molecule has 1 aromatic carbocycles. The number of carbonyl (C=O) groups is 1. The second-order valence-corrected chi connectivity index (χ2v) is 5.59. The number of amides is 1. The molecule has 1 amide bonds. The van der Waals surface area contributed by atoms with Gasteiger partial charge in [-0.05, 0) is 39.0 Å². The first-order valence-corrected chi connectivity index (χ1v) is 5.98. The minimum absolute atomic E-state index is 0.513. The van der Waals surface area contributed by atoms with Crippen LogP contribution in [0.25, 0.3) is 10.9 Å². The summed E-state index contributed by atoms with van der Waals surface area (Å²) in [5.41, 5.74) is 0.954. The molecule has 18 heavy (non-hydrogen) atoms. The number of halogens is 1. The van der Waals surface area contributed by atoms with E-state index < -0.39 is 11.6 Å². The molecule has 0 unspecified atom stereocenters. The maximum Gasteiger partial charge on any atom is 0.412 e. The minimum atomic E-state index is -0.974. The summed E-state index contributed by atoms with van der Waals surface area (Å²) >= 11 is 5.91. The van der Waals surface area contributed by atoms with Crippen molar-refractivity contribution in [3.05, 3.63) is 29.4 Å². The average Bonchev–Trinajstić information content (AvgIpc) is 2.58. The second kappa shape index (κ2) is 4.21. The molecule has 4 nitrogen and oxygen atoms in total. The van der Waals surface area contributed by atoms with Gasteiger partial charge >= 0.3 is 6.09 Å². The lowest BCUT2D eigenvalue weighted by Crippen LogP contribution is -2.45. The molecule has 5 heteroatoms. The third-order valence-corrected chi connectivity index (χ3v) is 2.96. The van der Waals surface area contributed by atoms with Crippen LogP contribution in [0, 0.1) is 0 Å². The third kappa shape index (κ3) is 2.16. The van der Waals surface area contributed by atoms with Crippen molar-refractivity contribution in [2.75, 3.05) is 4.90 Å². The summed E-state index contributed by atoms with van der Waals surface area (Å²) in [7, 11) is 0. The van der Waals surface area contributed by atoms with Gasteiger partial charge in [0.05, 0.1) is 5.69 Å². The zero-order valence-corrected chi connectivity index (χ0v) is 11.2. The summed E-state index contributed by atoms with van der Waals surface area (Å²) in [6, 6.07) is 5.36. The molecule has 2 N–H and O–H groups in total. The Hall–Kier alpha value is -1.68. The van der Waals surface area contributed by atoms with Crippen LogP contribution >= 0.6 is 11.6 Å². The summed E-state index contributed by atoms with van der Waals surface area (Å²) in [6.45, 7) is 5.57. The number of aromatic amines is 1. The van der Waals surface area contributed by atoms with Crippen molar-refractivity contribution in [1.29, 1.82) is 0 Å². The zero-order chi connectivity index (χ0) is 13.5. The van der Waals surface area contributed by atoms with Gasteiger partial charge in [-0.1, -0.05) is 11.6 Å². The van der Waals surface area contributed by atoms with E-state index in [-0.39, 0.29) is 0 Å². The van der Waals surface area contributed by atoms with Crippen LogP contribution in [0.5, 0.6) is 0 Å². The fraction of sp³-hybridized carbons (Fsp3) is 0.308. The van der Waals surface area contributed by atoms with Crippen LogP contribution in [-0.4, -0.2) is 21.7 Å². The van der Waals surface area contributed by atoms with E-state index in [1.165, 1.54) is 4.90 Å². The number of aromatic nitrogens is 1. The number of fused-ring (bicyclic) bond motifs is 1. The van der Waals surface area contributed by atoms with Gasteiger partial charge in [-0.15, -0.1) is 0 Å². The molecule has 0 radical (unpaired) electrons. The Balaban J connectivity index is 2.62. The number of benzene rings is 1. The van der Waals surface area contributed by atoms with E-state index in [4.69, 9.17) is 11.6 Å². The predicted molar refractivity (Wildman–Crippen MR) is 73.6 cm³/mol. The summed E-state index contributed by atoms with van der Waals surface area (Å²) in [5.74, 6) is 0. The molecule has 0 atom stereocenters. The molecular formula is C13H15ClN2O2. The number of rotatable bonds is 1. The molecule has 0 saturated heterocycles. The second-order valence-electron chi connectivity index (χ2n) is 5.15. The molecule has 0 aliphatic heterocycles. The van der Waals surface area contributed by atoms with Gasteiger partial charge < -0.3 is 10.1 Å². The molecular weight excluding hydrogens is 252 g/mol. The fourth-order valence-corrected chi connectivity index (χ4v) is 2.19. The summed E-state index contributed by atoms with van der Waals surface area (Å²) in [4.78, 5) is 15.8. The molecule has 0 aliphatic carbocycles. The number of hydrogen-bond donors (Lipinski definition) is 2. The van der Waals surface area contributed by atoms with Crippen molar-refractivity contribution in [2.45, 2.75) is 26.3 Å². The standard InChI is InChI=1S/C13H15ClN2O2/c1-13(2,3)16(12(17)18)11-7-15-10-6-8(14)4-5-9(10)11/h4-7,15H,1-3H3,(H,17,18). The maximum atomic E-state index is 11.4. The quantitative estimate of drug-likeness (QED) is 0.816. The first-order chi connectivity index (χ1) is 8.30. The lowest BCUT2D eigenvalue weighted by Gasteiger charge is -2.32. The van der Waals surface area contributed by atoms with Gasteiger partial charge in [-0.2, -0.15) is 0 Å². The zero-order valence-electron chi connectivity index (χ0n) is 10.5. The predicted octanol–water partition coefficient (Wildman–Crippen LogP) is 4.10. The van der Waals surface area contributed by atoms with E-state index in [1.807, 2.05) is 26.8 Å². The summed E-state index contributed by atoms with van der Waals surface area (Å²) in [6.07, 6.45) is 0.721. The molecule has 2 rings (SSSR count). The first-order valence-electron chi connectivity index (χ1n) is 5.60. The van der Waals surface area contributed by atoms with Crippen LogP contribution in [-0.2, 0) is 0 Å². The van der Waals surface area contributed by atoms with E-state index in [2.05, 4.69) is 4.98 Å². The fourth-order valence-electron chi connectivity index (χ4n) is 2.02. The topological polar surface area (TPSA) is 56.3 Å². The highest BCUT2D eigenvalue weighted by Crippen LogP contribution is 2.32. The van der Waals surface area contributed by atoms with Crippen molar-refractivity contribution >= 4 is 34.3 Å². The molecule has 0 spiro atoms. The van der Waals surface area contributed by atoms with Crippen molar-refractivity contribution < 1.29 is 9.90 Å². The Morgan fingerprint density at radius 2 is 2.06 bits per heavy atom. The van der Waals surface area contributed by atoms with Gasteiger partial charge in [0, 0.05) is 27.7 Å². The Kier molecular flexibility index (Phi) is 2.99. The van der Waals surface area contributed by atoms with Gasteiger partial charge in [0.25, 0.3) is 0 Å². The summed E-state index contributed by atoms with van der Waals surface area (Å²) in [5, 5.41) is 10.8. The molecule has 0 aliphatic rings. The van der Waals surface area contributed by atoms with E-state index in [0.29, 0.717) is 10.7 Å². The molecule has 0 saturated carbocycles. The van der Waals surface area contributed by atoms with Gasteiger partial charge in [0.1, 0.15) is 0 Å². The number of hydrogen-bond acceptors (Lipinski definition) is 1. The average molecular weight is 267 g/mol. The molecule has 1 heterocycles. The Labute approximate surface area is 110 Å². The number of nitrogens with one attached hydrogen (secondary N) is 1. The Morgan fingerprint density at radius 1 is 1.39 bits per heavy atom. The van der Waals surface area contributed by atoms with Crippen LogP contribution in [0.2, 0.25) is 5.02 Å². The number of nitrogens with zero attached hydrogens (tertiary/aromatic N) is 1. The SMILES string of the molecule is CC(C)(C)N(C(=O)O)c1c[nH]c2cc(Cl)ccc12. The van der Waals surface area contributed by atoms with Crippen LogP contribution < -0.4 is 4.90 Å². The maximum absolute atomic E-state index is 11.4. The molecule has 0 fully saturated rings. The van der Waals surface area contributed by atoms with Crippen LogP contribution in [0.4, 0.5) is 10.5 Å². The molecule has 2 aromatic rings. The monoisotopic (exact) mass is 266 g/mol. The van der Waals surface area contributed by atoms with Crippen LogP contribution in [0.3, 0.4) is 0 Å². The first kappa shape index (κ1) is 12.8. The lowest BCUT2D eigenvalue weighted by molar-refractivity contribution is 0.196. The molecule has 1 aromatic heterocycles. The van der Waals surface area contributed by atoms with Gasteiger partial charge in [0.2, 0.25) is 0 Å². The highest BCUT2D eigenvalue weighted by molar-refractivity contribution is 6.31. The van der Waals surface area contributed by atoms with Crippen molar-refractivity contribution in [3.8, 4) is 0 Å². The smallest absolute Gasteiger partial charge is 0.412 e. The van der Waals surface area contributed by atoms with Crippen LogP contribution in [0.15, 0.2) is 24.4 Å². The van der Waals surface area contributed by atoms with Crippen molar-refractivity contribution in [1.82, 2.24) is 4.98 Å². The Morgan fingerprint density at radius 3 is 2.61 bits per heavy atom. The summed E-state index contributed by atoms with van der Waals surface area (Å²) < 4.78 is 0. The van der Waals surface area contributed by atoms with E-state index >= 15 is 0 Å². The van der Waals surface area contributed by atoms with Crippen molar-refractivity contribution in [3.63, 3.8) is 0 Å². The van der Waals surface area contributed by atoms with E-state index in [9.17, 15) is 9.90 Å². The number of carboxylic acid groups (broad SMARTS) is 1. The molecule has 96 valence electrons. The minimum Gasteiger partial charge on any atom is -0.465 e. The molecule has 0 bridgehead atoms. The van der Waals surface area contributed by atoms with E-state index in [1.54, 1.807) is 18.3 Å². The normalized spacial score (nSPS) is 11.8. The largest absolute Gasteiger partial charge is 0.465 e. The lowest BCUT2D eigenvalue weighted by atomic mass is 10.1. The van der Waals surface area contributed by atoms with Gasteiger partial charge in [-0.3, -0.25) is 4.90 Å².